The summed E-state index contributed by atoms with van der Waals surface area (Å²) in [6.45, 7) is 2.03. The van der Waals surface area contributed by atoms with Crippen LogP contribution < -0.4 is 4.90 Å². The first kappa shape index (κ1) is 19.3. The first-order chi connectivity index (χ1) is 12.9. The zero-order valence-electron chi connectivity index (χ0n) is 15.1. The number of carbonyl (C=O) groups is 1. The molecule has 2 aromatic carbocycles. The molecule has 0 bridgehead atoms. The van der Waals surface area contributed by atoms with E-state index in [1.165, 1.54) is 31.3 Å². The maximum atomic E-state index is 13.0. The first-order valence-electron chi connectivity index (χ1n) is 8.67. The minimum atomic E-state index is -3.69. The van der Waals surface area contributed by atoms with Crippen molar-refractivity contribution in [2.75, 3.05) is 44.7 Å². The van der Waals surface area contributed by atoms with E-state index in [0.717, 1.165) is 9.99 Å². The fourth-order valence-corrected chi connectivity index (χ4v) is 4.16. The summed E-state index contributed by atoms with van der Waals surface area (Å²) in [5.41, 5.74) is 0.910. The highest BCUT2D eigenvalue weighted by Gasteiger charge is 2.27. The third-order valence-corrected chi connectivity index (χ3v) is 6.45. The fourth-order valence-electron chi connectivity index (χ4n) is 3.01. The summed E-state index contributed by atoms with van der Waals surface area (Å²) in [7, 11) is -2.28. The maximum Gasteiger partial charge on any atom is 0.243 e. The number of rotatable bonds is 5. The lowest BCUT2D eigenvalue weighted by molar-refractivity contribution is -0.131. The number of benzene rings is 2. The van der Waals surface area contributed by atoms with Crippen LogP contribution in [0.15, 0.2) is 59.5 Å². The van der Waals surface area contributed by atoms with E-state index in [0.29, 0.717) is 26.2 Å². The lowest BCUT2D eigenvalue weighted by Crippen LogP contribution is -2.51. The van der Waals surface area contributed by atoms with Crippen molar-refractivity contribution < 1.29 is 17.6 Å². The molecule has 0 unspecified atom stereocenters. The van der Waals surface area contributed by atoms with Crippen molar-refractivity contribution in [2.45, 2.75) is 4.90 Å². The normalized spacial score (nSPS) is 15.2. The summed E-state index contributed by atoms with van der Waals surface area (Å²) >= 11 is 0. The van der Waals surface area contributed by atoms with Gasteiger partial charge in [0.05, 0.1) is 11.4 Å². The van der Waals surface area contributed by atoms with Gasteiger partial charge in [0.2, 0.25) is 15.9 Å². The predicted molar refractivity (Wildman–Crippen MR) is 101 cm³/mol. The van der Waals surface area contributed by atoms with Crippen LogP contribution in [-0.2, 0) is 14.8 Å². The smallest absolute Gasteiger partial charge is 0.243 e. The van der Waals surface area contributed by atoms with E-state index in [-0.39, 0.29) is 23.2 Å². The number of hydrogen-bond acceptors (Lipinski definition) is 4. The molecule has 0 saturated carbocycles. The lowest BCUT2D eigenvalue weighted by Gasteiger charge is -2.36. The summed E-state index contributed by atoms with van der Waals surface area (Å²) in [6.07, 6.45) is 0. The van der Waals surface area contributed by atoms with Crippen LogP contribution in [0.1, 0.15) is 0 Å². The molecule has 144 valence electrons. The average molecular weight is 391 g/mol. The van der Waals surface area contributed by atoms with Crippen LogP contribution in [-0.4, -0.2) is 63.3 Å². The number of sulfonamides is 1. The number of hydrogen-bond donors (Lipinski definition) is 0. The molecule has 0 spiro atoms. The number of likely N-dealkylation sites (N-methyl/N-ethyl adjacent to an activating group) is 1. The van der Waals surface area contributed by atoms with Crippen LogP contribution in [0.5, 0.6) is 0 Å². The van der Waals surface area contributed by atoms with Gasteiger partial charge in [-0.25, -0.2) is 12.8 Å². The van der Waals surface area contributed by atoms with E-state index in [4.69, 9.17) is 0 Å². The Morgan fingerprint density at radius 2 is 1.59 bits per heavy atom. The molecule has 1 saturated heterocycles. The van der Waals surface area contributed by atoms with Gasteiger partial charge in [0.25, 0.3) is 0 Å². The Labute approximate surface area is 158 Å². The molecule has 0 radical (unpaired) electrons. The highest BCUT2D eigenvalue weighted by molar-refractivity contribution is 7.89. The maximum absolute atomic E-state index is 13.0. The monoisotopic (exact) mass is 391 g/mol. The van der Waals surface area contributed by atoms with Crippen molar-refractivity contribution in [1.82, 2.24) is 9.21 Å². The van der Waals surface area contributed by atoms with Gasteiger partial charge in [0.15, 0.2) is 0 Å². The van der Waals surface area contributed by atoms with Gasteiger partial charge in [0.1, 0.15) is 5.82 Å². The van der Waals surface area contributed by atoms with E-state index < -0.39 is 10.0 Å². The summed E-state index contributed by atoms with van der Waals surface area (Å²) < 4.78 is 39.2. The Morgan fingerprint density at radius 3 is 2.19 bits per heavy atom. The minimum absolute atomic E-state index is 0.168. The Kier molecular flexibility index (Phi) is 5.76. The second kappa shape index (κ2) is 8.06. The molecule has 0 aliphatic carbocycles. The average Bonchev–Trinajstić information content (AvgIpc) is 2.69. The molecule has 3 rings (SSSR count). The molecule has 1 amide bonds. The molecule has 1 aliphatic heterocycles. The Hall–Kier alpha value is -2.45. The molecule has 27 heavy (non-hydrogen) atoms. The SMILES string of the molecule is CN(CC(=O)N1CCN(c2ccc(F)cc2)CC1)S(=O)(=O)c1ccccc1. The molecule has 2 aromatic rings. The highest BCUT2D eigenvalue weighted by Crippen LogP contribution is 2.18. The van der Waals surface area contributed by atoms with Gasteiger partial charge in [-0.15, -0.1) is 0 Å². The van der Waals surface area contributed by atoms with Crippen molar-refractivity contribution in [2.24, 2.45) is 0 Å². The Morgan fingerprint density at radius 1 is 1.00 bits per heavy atom. The standard InChI is InChI=1S/C19H22FN3O3S/c1-21(27(25,26)18-5-3-2-4-6-18)15-19(24)23-13-11-22(12-14-23)17-9-7-16(20)8-10-17/h2-10H,11-15H2,1H3. The number of anilines is 1. The summed E-state index contributed by atoms with van der Waals surface area (Å²) in [5, 5.41) is 0. The van der Waals surface area contributed by atoms with E-state index in [2.05, 4.69) is 4.90 Å². The molecular weight excluding hydrogens is 369 g/mol. The number of amides is 1. The molecule has 1 heterocycles. The van der Waals surface area contributed by atoms with Crippen molar-refractivity contribution in [3.8, 4) is 0 Å². The number of carbonyl (C=O) groups excluding carboxylic acids is 1. The van der Waals surface area contributed by atoms with E-state index >= 15 is 0 Å². The summed E-state index contributed by atoms with van der Waals surface area (Å²) in [5.74, 6) is -0.508. The van der Waals surface area contributed by atoms with E-state index in [9.17, 15) is 17.6 Å². The molecule has 0 atom stereocenters. The van der Waals surface area contributed by atoms with Crippen molar-refractivity contribution in [1.29, 1.82) is 0 Å². The topological polar surface area (TPSA) is 60.9 Å². The van der Waals surface area contributed by atoms with Gasteiger partial charge in [-0.1, -0.05) is 18.2 Å². The quantitative estimate of drug-likeness (QED) is 0.780. The van der Waals surface area contributed by atoms with Crippen LogP contribution in [0.25, 0.3) is 0 Å². The van der Waals surface area contributed by atoms with Crippen molar-refractivity contribution in [3.63, 3.8) is 0 Å². The van der Waals surface area contributed by atoms with Gasteiger partial charge in [-0.3, -0.25) is 4.79 Å². The fraction of sp³-hybridized carbons (Fsp3) is 0.316. The van der Waals surface area contributed by atoms with Gasteiger partial charge < -0.3 is 9.80 Å². The van der Waals surface area contributed by atoms with Crippen LogP contribution in [0.3, 0.4) is 0 Å². The van der Waals surface area contributed by atoms with Crippen LogP contribution in [0.4, 0.5) is 10.1 Å². The largest absolute Gasteiger partial charge is 0.368 e. The van der Waals surface area contributed by atoms with Gasteiger partial charge in [0, 0.05) is 38.9 Å². The molecule has 1 fully saturated rings. The minimum Gasteiger partial charge on any atom is -0.368 e. The van der Waals surface area contributed by atoms with Gasteiger partial charge in [-0.2, -0.15) is 4.31 Å². The van der Waals surface area contributed by atoms with E-state index in [1.54, 1.807) is 35.2 Å². The zero-order chi connectivity index (χ0) is 19.4. The van der Waals surface area contributed by atoms with Crippen LogP contribution >= 0.6 is 0 Å². The Bertz CT molecular complexity index is 880. The Balaban J connectivity index is 1.57. The van der Waals surface area contributed by atoms with Crippen LogP contribution in [0, 0.1) is 5.82 Å². The van der Waals surface area contributed by atoms with Gasteiger partial charge in [-0.05, 0) is 36.4 Å². The molecule has 8 heteroatoms. The summed E-state index contributed by atoms with van der Waals surface area (Å²) in [4.78, 5) is 16.4. The second-order valence-corrected chi connectivity index (χ2v) is 8.46. The second-order valence-electron chi connectivity index (χ2n) is 6.42. The molecule has 0 N–H and O–H groups in total. The van der Waals surface area contributed by atoms with Crippen LogP contribution in [0.2, 0.25) is 0 Å². The molecule has 0 aromatic heterocycles. The third kappa shape index (κ3) is 4.45. The number of nitrogens with zero attached hydrogens (tertiary/aromatic N) is 3. The number of halogens is 1. The molecular formula is C19H22FN3O3S. The highest BCUT2D eigenvalue weighted by atomic mass is 32.2. The lowest BCUT2D eigenvalue weighted by atomic mass is 10.2. The van der Waals surface area contributed by atoms with Crippen molar-refractivity contribution in [3.05, 3.63) is 60.4 Å². The van der Waals surface area contributed by atoms with Gasteiger partial charge >= 0.3 is 0 Å². The molecule has 1 aliphatic rings. The number of piperazine rings is 1. The van der Waals surface area contributed by atoms with Crippen molar-refractivity contribution >= 4 is 21.6 Å². The zero-order valence-corrected chi connectivity index (χ0v) is 15.9. The third-order valence-electron chi connectivity index (χ3n) is 4.63. The summed E-state index contributed by atoms with van der Waals surface area (Å²) in [6, 6.07) is 14.3. The first-order valence-corrected chi connectivity index (χ1v) is 10.1. The predicted octanol–water partition coefficient (Wildman–Crippen LogP) is 1.79. The molecule has 6 nitrogen and oxygen atoms in total. The van der Waals surface area contributed by atoms with E-state index in [1.807, 2.05) is 0 Å².